The molecule has 0 spiro atoms. The second-order valence-electron chi connectivity index (χ2n) is 7.02. The van der Waals surface area contributed by atoms with Crippen molar-refractivity contribution in [1.29, 1.82) is 0 Å². The molecule has 0 bridgehead atoms. The van der Waals surface area contributed by atoms with E-state index >= 15 is 0 Å². The molecule has 2 atom stereocenters. The number of H-pyrrole nitrogens is 1. The maximum absolute atomic E-state index is 13.1. The average molecular weight is 377 g/mol. The van der Waals surface area contributed by atoms with E-state index in [9.17, 15) is 4.39 Å². The van der Waals surface area contributed by atoms with Crippen LogP contribution in [0.3, 0.4) is 0 Å². The van der Waals surface area contributed by atoms with E-state index in [1.807, 2.05) is 6.07 Å². The normalized spacial score (nSPS) is 21.0. The van der Waals surface area contributed by atoms with Crippen LogP contribution in [-0.2, 0) is 0 Å². The van der Waals surface area contributed by atoms with Crippen molar-refractivity contribution >= 4 is 11.5 Å². The molecule has 0 fully saturated rings. The number of rotatable bonds is 7. The van der Waals surface area contributed by atoms with Crippen LogP contribution in [-0.4, -0.2) is 35.2 Å². The lowest BCUT2D eigenvalue weighted by molar-refractivity contribution is 0.478. The summed E-state index contributed by atoms with van der Waals surface area (Å²) in [5, 5.41) is 14.1. The van der Waals surface area contributed by atoms with Crippen molar-refractivity contribution in [3.8, 4) is 11.3 Å². The van der Waals surface area contributed by atoms with Crippen molar-refractivity contribution < 1.29 is 4.39 Å². The van der Waals surface area contributed by atoms with Gasteiger partial charge >= 0.3 is 0 Å². The number of aromatic amines is 1. The van der Waals surface area contributed by atoms with Gasteiger partial charge in [0.15, 0.2) is 0 Å². The van der Waals surface area contributed by atoms with Crippen molar-refractivity contribution in [2.75, 3.05) is 18.4 Å². The van der Waals surface area contributed by atoms with Gasteiger partial charge in [-0.05, 0) is 48.2 Å². The first kappa shape index (κ1) is 18.4. The third-order valence-electron chi connectivity index (χ3n) is 4.86. The Morgan fingerprint density at radius 3 is 2.82 bits per heavy atom. The van der Waals surface area contributed by atoms with Crippen molar-refractivity contribution in [3.05, 3.63) is 72.6 Å². The second kappa shape index (κ2) is 8.80. The molecule has 2 heterocycles. The first-order valence-corrected chi connectivity index (χ1v) is 9.61. The monoisotopic (exact) mass is 377 g/mol. The number of hydrogen-bond acceptors (Lipinski definition) is 4. The predicted octanol–water partition coefficient (Wildman–Crippen LogP) is 4.08. The Labute approximate surface area is 164 Å². The summed E-state index contributed by atoms with van der Waals surface area (Å²) >= 11 is 0. The molecule has 5 nitrogen and oxygen atoms in total. The van der Waals surface area contributed by atoms with Crippen LogP contribution in [0.25, 0.3) is 11.3 Å². The maximum atomic E-state index is 13.1. The van der Waals surface area contributed by atoms with E-state index in [4.69, 9.17) is 4.99 Å². The number of nitrogens with zero attached hydrogens (tertiary/aromatic N) is 2. The van der Waals surface area contributed by atoms with E-state index in [2.05, 4.69) is 57.3 Å². The lowest BCUT2D eigenvalue weighted by atomic mass is 10.0. The Morgan fingerprint density at radius 1 is 1.11 bits per heavy atom. The highest BCUT2D eigenvalue weighted by Gasteiger charge is 2.13. The lowest BCUT2D eigenvalue weighted by Gasteiger charge is -2.21. The fourth-order valence-corrected chi connectivity index (χ4v) is 3.30. The summed E-state index contributed by atoms with van der Waals surface area (Å²) in [6, 6.07) is 8.26. The van der Waals surface area contributed by atoms with Crippen LogP contribution in [0.15, 0.2) is 71.8 Å². The number of benzene rings is 1. The van der Waals surface area contributed by atoms with Crippen LogP contribution < -0.4 is 10.6 Å². The molecule has 1 aliphatic heterocycles. The number of hydrogen-bond donors (Lipinski definition) is 3. The Kier molecular flexibility index (Phi) is 5.77. The first-order chi connectivity index (χ1) is 13.8. The molecule has 2 unspecified atom stereocenters. The molecule has 1 aromatic heterocycles. The highest BCUT2D eigenvalue weighted by molar-refractivity contribution is 5.98. The van der Waals surface area contributed by atoms with Crippen LogP contribution in [0.4, 0.5) is 10.2 Å². The molecular weight excluding hydrogens is 353 g/mol. The number of nitrogens with one attached hydrogen (secondary N) is 3. The predicted molar refractivity (Wildman–Crippen MR) is 112 cm³/mol. The van der Waals surface area contributed by atoms with Crippen LogP contribution in [0.2, 0.25) is 0 Å². The van der Waals surface area contributed by atoms with Crippen LogP contribution in [0.1, 0.15) is 12.8 Å². The van der Waals surface area contributed by atoms with Crippen LogP contribution in [0, 0.1) is 11.7 Å². The minimum Gasteiger partial charge on any atom is -0.363 e. The smallest absolute Gasteiger partial charge is 0.148 e. The Hall–Kier alpha value is -2.99. The molecule has 2 aromatic rings. The summed E-state index contributed by atoms with van der Waals surface area (Å²) < 4.78 is 13.1. The van der Waals surface area contributed by atoms with Crippen molar-refractivity contribution in [1.82, 2.24) is 15.5 Å². The zero-order valence-corrected chi connectivity index (χ0v) is 15.6. The minimum absolute atomic E-state index is 0.120. The molecule has 1 aliphatic carbocycles. The Morgan fingerprint density at radius 2 is 2.00 bits per heavy atom. The molecule has 4 rings (SSSR count). The Balaban J connectivity index is 1.29. The molecule has 0 amide bonds. The molecule has 144 valence electrons. The minimum atomic E-state index is -0.247. The van der Waals surface area contributed by atoms with Crippen molar-refractivity contribution in [3.63, 3.8) is 0 Å². The van der Waals surface area contributed by atoms with Crippen molar-refractivity contribution in [2.45, 2.75) is 19.0 Å². The quantitative estimate of drug-likeness (QED) is 0.681. The molecule has 0 saturated heterocycles. The Bertz CT molecular complexity index is 907. The van der Waals surface area contributed by atoms with Gasteiger partial charge in [0.05, 0.1) is 18.0 Å². The number of allylic oxidation sites excluding steroid dienone is 3. The van der Waals surface area contributed by atoms with Gasteiger partial charge in [-0.1, -0.05) is 30.4 Å². The number of aromatic nitrogens is 2. The molecule has 6 heteroatoms. The molecule has 0 radical (unpaired) electrons. The first-order valence-electron chi connectivity index (χ1n) is 9.61. The summed E-state index contributed by atoms with van der Waals surface area (Å²) in [5.41, 5.74) is 2.74. The number of anilines is 1. The number of halogens is 1. The zero-order chi connectivity index (χ0) is 19.2. The highest BCUT2D eigenvalue weighted by Crippen LogP contribution is 2.20. The van der Waals surface area contributed by atoms with Gasteiger partial charge in [-0.2, -0.15) is 5.10 Å². The molecule has 0 saturated carbocycles. The number of aliphatic imine (C=N–C) groups is 1. The van der Waals surface area contributed by atoms with Gasteiger partial charge in [-0.3, -0.25) is 15.4 Å². The van der Waals surface area contributed by atoms with E-state index in [0.29, 0.717) is 12.5 Å². The molecular formula is C22H24FN5. The molecule has 2 aliphatic rings. The maximum Gasteiger partial charge on any atom is 0.148 e. The standard InChI is InChI=1S/C22H24FN5/c23-18-11-9-17(10-12-18)20-13-22(28-27-20)25-15-19-7-4-8-21(26-19)24-14-16-5-2-1-3-6-16/h1-5,7,9-13,16,21,24H,6,8,14-15H2,(H2,25,27,28). The van der Waals surface area contributed by atoms with Gasteiger partial charge in [-0.25, -0.2) is 4.39 Å². The fraction of sp³-hybridized carbons (Fsp3) is 0.273. The van der Waals surface area contributed by atoms with Gasteiger partial charge in [0, 0.05) is 19.0 Å². The van der Waals surface area contributed by atoms with Gasteiger partial charge in [0.1, 0.15) is 17.8 Å². The van der Waals surface area contributed by atoms with Gasteiger partial charge in [-0.15, -0.1) is 0 Å². The summed E-state index contributed by atoms with van der Waals surface area (Å²) in [6.07, 6.45) is 15.0. The van der Waals surface area contributed by atoms with Gasteiger partial charge in [0.2, 0.25) is 0 Å². The third-order valence-corrected chi connectivity index (χ3v) is 4.86. The lowest BCUT2D eigenvalue weighted by Crippen LogP contribution is -2.34. The van der Waals surface area contributed by atoms with E-state index in [1.165, 1.54) is 12.1 Å². The van der Waals surface area contributed by atoms with E-state index in [1.54, 1.807) is 12.1 Å². The van der Waals surface area contributed by atoms with E-state index in [0.717, 1.165) is 42.2 Å². The van der Waals surface area contributed by atoms with Crippen LogP contribution >= 0.6 is 0 Å². The number of dihydropyridines is 1. The average Bonchev–Trinajstić information content (AvgIpc) is 3.21. The van der Waals surface area contributed by atoms with Crippen LogP contribution in [0.5, 0.6) is 0 Å². The van der Waals surface area contributed by atoms with E-state index < -0.39 is 0 Å². The summed E-state index contributed by atoms with van der Waals surface area (Å²) in [5.74, 6) is 1.04. The van der Waals surface area contributed by atoms with Gasteiger partial charge in [0.25, 0.3) is 0 Å². The summed E-state index contributed by atoms with van der Waals surface area (Å²) in [7, 11) is 0. The van der Waals surface area contributed by atoms with E-state index in [-0.39, 0.29) is 12.0 Å². The largest absolute Gasteiger partial charge is 0.363 e. The van der Waals surface area contributed by atoms with Crippen molar-refractivity contribution in [2.24, 2.45) is 10.9 Å². The molecule has 28 heavy (non-hydrogen) atoms. The fourth-order valence-electron chi connectivity index (χ4n) is 3.30. The molecule has 1 aromatic carbocycles. The SMILES string of the molecule is Fc1ccc(-c2cc(NCC3=NC(NCC4C=CC=CC4)CC=C3)n[nH]2)cc1. The highest BCUT2D eigenvalue weighted by atomic mass is 19.1. The summed E-state index contributed by atoms with van der Waals surface area (Å²) in [4.78, 5) is 4.79. The second-order valence-corrected chi connectivity index (χ2v) is 7.02. The van der Waals surface area contributed by atoms with Gasteiger partial charge < -0.3 is 5.32 Å². The third kappa shape index (κ3) is 4.84. The summed E-state index contributed by atoms with van der Waals surface area (Å²) in [6.45, 7) is 1.54. The molecule has 3 N–H and O–H groups in total. The topological polar surface area (TPSA) is 65.1 Å². The zero-order valence-electron chi connectivity index (χ0n) is 15.6.